The van der Waals surface area contributed by atoms with Gasteiger partial charge in [0.2, 0.25) is 0 Å². The van der Waals surface area contributed by atoms with Gasteiger partial charge in [0.1, 0.15) is 0 Å². The Kier molecular flexibility index (Phi) is 8.06. The van der Waals surface area contributed by atoms with Crippen LogP contribution in [0, 0.1) is 5.41 Å². The number of hydrogen-bond donors (Lipinski definition) is 1. The van der Waals surface area contributed by atoms with Crippen LogP contribution in [0.25, 0.3) is 0 Å². The van der Waals surface area contributed by atoms with Gasteiger partial charge < -0.3 is 10.1 Å². The zero-order valence-electron chi connectivity index (χ0n) is 12.9. The van der Waals surface area contributed by atoms with Gasteiger partial charge in [-0.25, -0.2) is 0 Å². The minimum absolute atomic E-state index is 0.204. The molecule has 0 aromatic carbocycles. The van der Waals surface area contributed by atoms with E-state index < -0.39 is 0 Å². The molecule has 0 heterocycles. The maximum absolute atomic E-state index is 5.60. The first-order chi connectivity index (χ1) is 7.71. The standard InChI is InChI=1S/C15H33NO/c1-14(2,3)10-8-7-9-12-17-13-11-16-15(4,5)6/h16H,7-13H2,1-6H3. The van der Waals surface area contributed by atoms with E-state index >= 15 is 0 Å². The summed E-state index contributed by atoms with van der Waals surface area (Å²) < 4.78 is 5.60. The molecular formula is C15H33NO. The Morgan fingerprint density at radius 3 is 2.00 bits per heavy atom. The minimum atomic E-state index is 0.204. The van der Waals surface area contributed by atoms with E-state index in [4.69, 9.17) is 4.74 Å². The van der Waals surface area contributed by atoms with Crippen LogP contribution in [0.1, 0.15) is 67.2 Å². The van der Waals surface area contributed by atoms with Crippen molar-refractivity contribution in [1.82, 2.24) is 5.32 Å². The molecule has 2 heteroatoms. The molecule has 0 saturated carbocycles. The molecule has 0 bridgehead atoms. The fraction of sp³-hybridized carbons (Fsp3) is 1.00. The van der Waals surface area contributed by atoms with Gasteiger partial charge in [-0.2, -0.15) is 0 Å². The van der Waals surface area contributed by atoms with Gasteiger partial charge in [0.05, 0.1) is 6.61 Å². The molecule has 17 heavy (non-hydrogen) atoms. The van der Waals surface area contributed by atoms with Crippen LogP contribution in [0.15, 0.2) is 0 Å². The Morgan fingerprint density at radius 1 is 0.824 bits per heavy atom. The van der Waals surface area contributed by atoms with Crippen LogP contribution in [-0.2, 0) is 4.74 Å². The van der Waals surface area contributed by atoms with Crippen LogP contribution < -0.4 is 5.32 Å². The summed E-state index contributed by atoms with van der Waals surface area (Å²) in [4.78, 5) is 0. The van der Waals surface area contributed by atoms with Crippen molar-refractivity contribution in [3.63, 3.8) is 0 Å². The van der Waals surface area contributed by atoms with E-state index in [1.165, 1.54) is 25.7 Å². The largest absolute Gasteiger partial charge is 0.380 e. The van der Waals surface area contributed by atoms with Crippen molar-refractivity contribution in [2.24, 2.45) is 5.41 Å². The molecule has 2 nitrogen and oxygen atoms in total. The van der Waals surface area contributed by atoms with Gasteiger partial charge in [-0.15, -0.1) is 0 Å². The molecular weight excluding hydrogens is 210 g/mol. The van der Waals surface area contributed by atoms with Gasteiger partial charge in [0, 0.05) is 18.7 Å². The second-order valence-electron chi connectivity index (χ2n) is 7.16. The van der Waals surface area contributed by atoms with Crippen molar-refractivity contribution >= 4 is 0 Å². The van der Waals surface area contributed by atoms with Crippen LogP contribution in [-0.4, -0.2) is 25.3 Å². The van der Waals surface area contributed by atoms with E-state index in [1.54, 1.807) is 0 Å². The highest BCUT2D eigenvalue weighted by Crippen LogP contribution is 2.21. The van der Waals surface area contributed by atoms with Crippen LogP contribution in [0.4, 0.5) is 0 Å². The first-order valence-corrected chi connectivity index (χ1v) is 7.03. The maximum atomic E-state index is 5.60. The fourth-order valence-corrected chi connectivity index (χ4v) is 1.64. The van der Waals surface area contributed by atoms with Crippen molar-refractivity contribution in [2.45, 2.75) is 72.8 Å². The Bertz CT molecular complexity index is 156. The highest BCUT2D eigenvalue weighted by atomic mass is 16.5. The Morgan fingerprint density at radius 2 is 1.47 bits per heavy atom. The van der Waals surface area contributed by atoms with Gasteiger partial charge in [0.25, 0.3) is 0 Å². The summed E-state index contributed by atoms with van der Waals surface area (Å²) in [5.74, 6) is 0. The van der Waals surface area contributed by atoms with E-state index in [0.29, 0.717) is 5.41 Å². The highest BCUT2D eigenvalue weighted by molar-refractivity contribution is 4.69. The molecule has 1 N–H and O–H groups in total. The van der Waals surface area contributed by atoms with Gasteiger partial charge in [-0.1, -0.05) is 33.6 Å². The van der Waals surface area contributed by atoms with Gasteiger partial charge in [-0.3, -0.25) is 0 Å². The number of ether oxygens (including phenoxy) is 1. The molecule has 0 unspecified atom stereocenters. The predicted octanol–water partition coefficient (Wildman–Crippen LogP) is 4.00. The molecule has 0 aliphatic rings. The van der Waals surface area contributed by atoms with E-state index in [0.717, 1.165) is 19.8 Å². The molecule has 0 aromatic rings. The van der Waals surface area contributed by atoms with E-state index in [-0.39, 0.29) is 5.54 Å². The zero-order chi connectivity index (χ0) is 13.4. The smallest absolute Gasteiger partial charge is 0.0591 e. The Balaban J connectivity index is 3.15. The zero-order valence-corrected chi connectivity index (χ0v) is 12.9. The summed E-state index contributed by atoms with van der Waals surface area (Å²) in [6.07, 6.45) is 5.14. The topological polar surface area (TPSA) is 21.3 Å². The van der Waals surface area contributed by atoms with Gasteiger partial charge in [-0.05, 0) is 39.0 Å². The monoisotopic (exact) mass is 243 g/mol. The maximum Gasteiger partial charge on any atom is 0.0591 e. The molecule has 0 saturated heterocycles. The summed E-state index contributed by atoms with van der Waals surface area (Å²) >= 11 is 0. The summed E-state index contributed by atoms with van der Waals surface area (Å²) in [6, 6.07) is 0. The number of unbranched alkanes of at least 4 members (excludes halogenated alkanes) is 2. The number of nitrogens with one attached hydrogen (secondary N) is 1. The molecule has 0 spiro atoms. The molecule has 0 aromatic heterocycles. The lowest BCUT2D eigenvalue weighted by atomic mass is 9.89. The third kappa shape index (κ3) is 15.9. The summed E-state index contributed by atoms with van der Waals surface area (Å²) in [6.45, 7) is 16.2. The average molecular weight is 243 g/mol. The molecule has 0 amide bonds. The van der Waals surface area contributed by atoms with Crippen LogP contribution in [0.3, 0.4) is 0 Å². The van der Waals surface area contributed by atoms with Crippen molar-refractivity contribution in [1.29, 1.82) is 0 Å². The lowest BCUT2D eigenvalue weighted by molar-refractivity contribution is 0.126. The number of rotatable bonds is 8. The number of hydrogen-bond acceptors (Lipinski definition) is 2. The predicted molar refractivity (Wildman–Crippen MR) is 76.5 cm³/mol. The van der Waals surface area contributed by atoms with Crippen molar-refractivity contribution in [2.75, 3.05) is 19.8 Å². The minimum Gasteiger partial charge on any atom is -0.380 e. The quantitative estimate of drug-likeness (QED) is 0.651. The fourth-order valence-electron chi connectivity index (χ4n) is 1.64. The van der Waals surface area contributed by atoms with Gasteiger partial charge in [0.15, 0.2) is 0 Å². The summed E-state index contributed by atoms with van der Waals surface area (Å²) in [5, 5.41) is 3.42. The van der Waals surface area contributed by atoms with Crippen LogP contribution in [0.2, 0.25) is 0 Å². The van der Waals surface area contributed by atoms with E-state index in [9.17, 15) is 0 Å². The van der Waals surface area contributed by atoms with Gasteiger partial charge >= 0.3 is 0 Å². The normalized spacial score (nSPS) is 13.1. The average Bonchev–Trinajstić information content (AvgIpc) is 2.11. The lowest BCUT2D eigenvalue weighted by Gasteiger charge is -2.20. The molecule has 0 radical (unpaired) electrons. The third-order valence-electron chi connectivity index (χ3n) is 2.62. The Hall–Kier alpha value is -0.0800. The molecule has 0 fully saturated rings. The second-order valence-corrected chi connectivity index (χ2v) is 7.16. The van der Waals surface area contributed by atoms with Crippen molar-refractivity contribution in [3.05, 3.63) is 0 Å². The van der Waals surface area contributed by atoms with Crippen molar-refractivity contribution in [3.8, 4) is 0 Å². The van der Waals surface area contributed by atoms with Crippen molar-refractivity contribution < 1.29 is 4.74 Å². The van der Waals surface area contributed by atoms with Crippen LogP contribution >= 0.6 is 0 Å². The lowest BCUT2D eigenvalue weighted by Crippen LogP contribution is -2.38. The second kappa shape index (κ2) is 8.10. The van der Waals surface area contributed by atoms with E-state index in [1.807, 2.05) is 0 Å². The molecule has 0 aliphatic heterocycles. The Labute approximate surface area is 109 Å². The summed E-state index contributed by atoms with van der Waals surface area (Å²) in [5.41, 5.74) is 0.688. The van der Waals surface area contributed by atoms with E-state index in [2.05, 4.69) is 46.9 Å². The van der Waals surface area contributed by atoms with Crippen LogP contribution in [0.5, 0.6) is 0 Å². The highest BCUT2D eigenvalue weighted by Gasteiger charge is 2.09. The SMILES string of the molecule is CC(C)(C)CCCCCOCCNC(C)(C)C. The first kappa shape index (κ1) is 16.9. The summed E-state index contributed by atoms with van der Waals surface area (Å²) in [7, 11) is 0. The third-order valence-corrected chi connectivity index (χ3v) is 2.62. The molecule has 0 aliphatic carbocycles. The first-order valence-electron chi connectivity index (χ1n) is 7.03. The molecule has 104 valence electrons. The molecule has 0 rings (SSSR count). The molecule has 0 atom stereocenters.